The predicted octanol–water partition coefficient (Wildman–Crippen LogP) is 10.4. The Hall–Kier alpha value is -5.32. The van der Waals surface area contributed by atoms with Gasteiger partial charge in [0, 0.05) is 26.4 Å². The largest absolute Gasteiger partial charge is 0.278 e. The van der Waals surface area contributed by atoms with E-state index in [2.05, 4.69) is 48.5 Å². The molecule has 196 valence electrons. The van der Waals surface area contributed by atoms with Crippen LogP contribution in [0.5, 0.6) is 0 Å². The quantitative estimate of drug-likeness (QED) is 0.216. The van der Waals surface area contributed by atoms with E-state index in [1.807, 2.05) is 65.2 Å². The SMILES string of the molecule is [2H]c1c([2H])c([2H])c(-c2ccc3c4c5ccccc5ccc4n(-c4nc(-c5ccccc5)c5sc6ccccc6c5n4)c3c2)c([2H])c1[2H]. The average molecular weight is 559 g/mol. The fourth-order valence-electron chi connectivity index (χ4n) is 6.02. The van der Waals surface area contributed by atoms with Crippen LogP contribution in [-0.2, 0) is 0 Å². The second-order valence-corrected chi connectivity index (χ2v) is 11.3. The lowest BCUT2D eigenvalue weighted by Crippen LogP contribution is -2.02. The zero-order chi connectivity index (χ0) is 32.0. The van der Waals surface area contributed by atoms with E-state index in [0.29, 0.717) is 11.5 Å². The Labute approximate surface area is 253 Å². The molecule has 0 saturated carbocycles. The highest BCUT2D eigenvalue weighted by molar-refractivity contribution is 7.26. The van der Waals surface area contributed by atoms with Gasteiger partial charge < -0.3 is 0 Å². The number of rotatable bonds is 3. The Kier molecular flexibility index (Phi) is 4.10. The first-order valence-electron chi connectivity index (χ1n) is 16.2. The van der Waals surface area contributed by atoms with Crippen LogP contribution in [0.1, 0.15) is 6.85 Å². The highest BCUT2D eigenvalue weighted by Gasteiger charge is 2.21. The third kappa shape index (κ3) is 3.46. The molecule has 0 N–H and O–H groups in total. The number of nitrogens with zero attached hydrogens (tertiary/aromatic N) is 3. The van der Waals surface area contributed by atoms with E-state index in [1.165, 1.54) is 0 Å². The van der Waals surface area contributed by atoms with Crippen molar-refractivity contribution in [2.24, 2.45) is 0 Å². The van der Waals surface area contributed by atoms with Crippen molar-refractivity contribution in [3.63, 3.8) is 0 Å². The summed E-state index contributed by atoms with van der Waals surface area (Å²) in [6.45, 7) is 0. The van der Waals surface area contributed by atoms with Gasteiger partial charge >= 0.3 is 0 Å². The molecule has 3 nitrogen and oxygen atoms in total. The van der Waals surface area contributed by atoms with Crippen LogP contribution in [0.3, 0.4) is 0 Å². The summed E-state index contributed by atoms with van der Waals surface area (Å²) in [7, 11) is 0. The molecule has 0 spiro atoms. The minimum atomic E-state index is -0.413. The third-order valence-corrected chi connectivity index (χ3v) is 9.07. The Morgan fingerprint density at radius 1 is 0.595 bits per heavy atom. The van der Waals surface area contributed by atoms with Crippen molar-refractivity contribution in [1.82, 2.24) is 14.5 Å². The van der Waals surface area contributed by atoms with Gasteiger partial charge in [-0.1, -0.05) is 121 Å². The van der Waals surface area contributed by atoms with E-state index in [0.717, 1.165) is 64.1 Å². The summed E-state index contributed by atoms with van der Waals surface area (Å²) in [5.74, 6) is 0.494. The van der Waals surface area contributed by atoms with Gasteiger partial charge in [-0.2, -0.15) is 0 Å². The molecule has 0 unspecified atom stereocenters. The lowest BCUT2D eigenvalue weighted by molar-refractivity contribution is 1.02. The highest BCUT2D eigenvalue weighted by Crippen LogP contribution is 2.41. The fourth-order valence-corrected chi connectivity index (χ4v) is 7.18. The molecule has 42 heavy (non-hydrogen) atoms. The van der Waals surface area contributed by atoms with Crippen LogP contribution < -0.4 is 0 Å². The Balaban J connectivity index is 1.44. The van der Waals surface area contributed by atoms with Gasteiger partial charge in [0.1, 0.15) is 0 Å². The first-order chi connectivity index (χ1) is 22.9. The number of fused-ring (bicyclic) bond motifs is 8. The van der Waals surface area contributed by atoms with Crippen molar-refractivity contribution >= 4 is 64.2 Å². The van der Waals surface area contributed by atoms with Gasteiger partial charge in [-0.25, -0.2) is 9.97 Å². The number of thiophene rings is 1. The van der Waals surface area contributed by atoms with Crippen LogP contribution >= 0.6 is 11.3 Å². The maximum absolute atomic E-state index is 8.68. The zero-order valence-corrected chi connectivity index (χ0v) is 23.0. The van der Waals surface area contributed by atoms with Gasteiger partial charge in [-0.05, 0) is 40.1 Å². The molecule has 0 aliphatic rings. The van der Waals surface area contributed by atoms with E-state index in [1.54, 1.807) is 11.3 Å². The molecular weight excluding hydrogens is 531 g/mol. The van der Waals surface area contributed by atoms with Gasteiger partial charge in [0.05, 0.1) is 33.8 Å². The van der Waals surface area contributed by atoms with E-state index in [9.17, 15) is 0 Å². The number of benzene rings is 6. The summed E-state index contributed by atoms with van der Waals surface area (Å²) >= 11 is 1.68. The molecule has 4 heteroatoms. The third-order valence-electron chi connectivity index (χ3n) is 7.90. The van der Waals surface area contributed by atoms with E-state index >= 15 is 0 Å². The Morgan fingerprint density at radius 2 is 1.38 bits per heavy atom. The lowest BCUT2D eigenvalue weighted by atomic mass is 10.0. The van der Waals surface area contributed by atoms with Crippen molar-refractivity contribution < 1.29 is 6.85 Å². The van der Waals surface area contributed by atoms with Gasteiger partial charge in [0.25, 0.3) is 0 Å². The van der Waals surface area contributed by atoms with Crippen LogP contribution in [0.25, 0.3) is 81.2 Å². The zero-order valence-electron chi connectivity index (χ0n) is 27.1. The summed E-state index contributed by atoms with van der Waals surface area (Å²) < 4.78 is 46.3. The fraction of sp³-hybridized carbons (Fsp3) is 0. The number of hydrogen-bond donors (Lipinski definition) is 0. The molecule has 0 saturated heterocycles. The van der Waals surface area contributed by atoms with Crippen LogP contribution in [0.2, 0.25) is 0 Å². The van der Waals surface area contributed by atoms with Crippen molar-refractivity contribution in [1.29, 1.82) is 0 Å². The molecule has 3 heterocycles. The summed E-state index contributed by atoms with van der Waals surface area (Å²) in [6.07, 6.45) is 0. The van der Waals surface area contributed by atoms with Gasteiger partial charge in [0.2, 0.25) is 5.95 Å². The predicted molar refractivity (Wildman–Crippen MR) is 178 cm³/mol. The molecule has 0 amide bonds. The monoisotopic (exact) mass is 558 g/mol. The smallest absolute Gasteiger partial charge is 0.235 e. The molecule has 0 bridgehead atoms. The first kappa shape index (κ1) is 18.9. The van der Waals surface area contributed by atoms with Crippen LogP contribution in [0.4, 0.5) is 0 Å². The normalized spacial score (nSPS) is 13.5. The lowest BCUT2D eigenvalue weighted by Gasteiger charge is -2.11. The maximum atomic E-state index is 8.68. The van der Waals surface area contributed by atoms with E-state index in [4.69, 9.17) is 16.8 Å². The summed E-state index contributed by atoms with van der Waals surface area (Å²) in [5.41, 5.74) is 5.06. The van der Waals surface area contributed by atoms with Crippen molar-refractivity contribution in [3.8, 4) is 28.3 Å². The molecule has 0 radical (unpaired) electrons. The molecule has 9 rings (SSSR count). The first-order valence-corrected chi connectivity index (χ1v) is 14.5. The van der Waals surface area contributed by atoms with Gasteiger partial charge in [-0.15, -0.1) is 11.3 Å². The second-order valence-electron chi connectivity index (χ2n) is 10.3. The summed E-state index contributed by atoms with van der Waals surface area (Å²) in [4.78, 5) is 10.5. The standard InChI is InChI=1S/C38H23N3S/c1-3-11-24(12-4-1)27-19-21-29-32(23-27)41(31-22-20-25-13-7-8-16-28(25)34(29)31)38-39-35(26-14-5-2-6-15-26)37-36(40-38)30-17-9-10-18-33(30)42-37/h1-23H/i1D,3D,4D,11D,12D. The minimum absolute atomic E-state index is 0.157. The average Bonchev–Trinajstić information content (AvgIpc) is 3.65. The van der Waals surface area contributed by atoms with Crippen molar-refractivity contribution in [3.05, 3.63) is 139 Å². The number of hydrogen-bond acceptors (Lipinski definition) is 3. The van der Waals surface area contributed by atoms with E-state index < -0.39 is 6.04 Å². The highest BCUT2D eigenvalue weighted by atomic mass is 32.1. The second kappa shape index (κ2) is 9.10. The minimum Gasteiger partial charge on any atom is -0.278 e. The Bertz CT molecular complexity index is 2720. The van der Waals surface area contributed by atoms with Crippen molar-refractivity contribution in [2.75, 3.05) is 0 Å². The number of aromatic nitrogens is 3. The van der Waals surface area contributed by atoms with Crippen molar-refractivity contribution in [2.45, 2.75) is 0 Å². The van der Waals surface area contributed by atoms with Crippen LogP contribution in [0, 0.1) is 0 Å². The topological polar surface area (TPSA) is 30.7 Å². The molecule has 9 aromatic rings. The summed E-state index contributed by atoms with van der Waals surface area (Å²) in [6, 6.07) is 34.9. The maximum Gasteiger partial charge on any atom is 0.235 e. The molecule has 6 aromatic carbocycles. The van der Waals surface area contributed by atoms with Crippen LogP contribution in [0.15, 0.2) is 139 Å². The van der Waals surface area contributed by atoms with E-state index in [-0.39, 0.29) is 29.7 Å². The van der Waals surface area contributed by atoms with Gasteiger partial charge in [-0.3, -0.25) is 4.57 Å². The molecular formula is C38H23N3S. The molecule has 3 aromatic heterocycles. The molecule has 0 aliphatic carbocycles. The summed E-state index contributed by atoms with van der Waals surface area (Å²) in [5, 5.41) is 5.21. The molecule has 0 atom stereocenters. The van der Waals surface area contributed by atoms with Crippen LogP contribution in [-0.4, -0.2) is 14.5 Å². The van der Waals surface area contributed by atoms with Gasteiger partial charge in [0.15, 0.2) is 0 Å². The molecule has 0 aliphatic heterocycles. The molecule has 0 fully saturated rings. The Morgan fingerprint density at radius 3 is 2.26 bits per heavy atom.